The molecular weight excluding hydrogens is 943 g/mol. The number of fused-ring (bicyclic) bond motifs is 12. The minimum atomic E-state index is -0.673. The van der Waals surface area contributed by atoms with Crippen LogP contribution in [0.4, 0.5) is 0 Å². The van der Waals surface area contributed by atoms with Crippen LogP contribution in [-0.4, -0.2) is 30.2 Å². The van der Waals surface area contributed by atoms with Crippen molar-refractivity contribution >= 4 is 71.1 Å². The summed E-state index contributed by atoms with van der Waals surface area (Å²) in [4.78, 5) is 16.4. The monoisotopic (exact) mass is 987 g/mol. The van der Waals surface area contributed by atoms with Crippen molar-refractivity contribution in [3.8, 4) is 62.2 Å². The molecular formula is C70H45N5O2. The van der Waals surface area contributed by atoms with E-state index < -0.39 is 5.41 Å². The Morgan fingerprint density at radius 3 is 1.71 bits per heavy atom. The highest BCUT2D eigenvalue weighted by Gasteiger charge is 2.49. The van der Waals surface area contributed by atoms with Crippen LogP contribution < -0.4 is 4.74 Å². The Morgan fingerprint density at radius 2 is 0.961 bits per heavy atom. The molecule has 0 fully saturated rings. The zero-order valence-electron chi connectivity index (χ0n) is 41.8. The van der Waals surface area contributed by atoms with Gasteiger partial charge in [-0.3, -0.25) is 4.57 Å². The van der Waals surface area contributed by atoms with Crippen LogP contribution in [0.25, 0.3) is 128 Å². The molecule has 10 aromatic carbocycles. The van der Waals surface area contributed by atoms with Gasteiger partial charge in [-0.15, -0.1) is 0 Å². The molecule has 1 aliphatic heterocycles. The molecule has 2 unspecified atom stereocenters. The number of rotatable bonds is 7. The molecule has 0 saturated heterocycles. The van der Waals surface area contributed by atoms with Gasteiger partial charge in [0.05, 0.1) is 27.5 Å². The van der Waals surface area contributed by atoms with Gasteiger partial charge in [-0.25, -0.2) is 4.98 Å². The van der Waals surface area contributed by atoms with Gasteiger partial charge in [0.15, 0.2) is 11.6 Å². The fourth-order valence-corrected chi connectivity index (χ4v) is 12.4. The Kier molecular flexibility index (Phi) is 9.39. The van der Waals surface area contributed by atoms with Gasteiger partial charge in [-0.05, 0) is 125 Å². The van der Waals surface area contributed by atoms with Crippen molar-refractivity contribution in [2.75, 3.05) is 0 Å². The molecule has 2 aliphatic rings. The Morgan fingerprint density at radius 1 is 0.403 bits per heavy atom. The molecule has 1 aliphatic carbocycles. The van der Waals surface area contributed by atoms with E-state index in [2.05, 4.69) is 247 Å². The number of allylic oxidation sites excluding steroid dienone is 2. The highest BCUT2D eigenvalue weighted by molar-refractivity contribution is 6.12. The molecule has 362 valence electrons. The maximum absolute atomic E-state index is 6.92. The van der Waals surface area contributed by atoms with Gasteiger partial charge in [0.1, 0.15) is 23.0 Å². The van der Waals surface area contributed by atoms with E-state index in [1.54, 1.807) is 0 Å². The predicted octanol–water partition coefficient (Wildman–Crippen LogP) is 17.3. The smallest absolute Gasteiger partial charge is 0.238 e. The first kappa shape index (κ1) is 43.3. The summed E-state index contributed by atoms with van der Waals surface area (Å²) in [5, 5.41) is 6.74. The van der Waals surface area contributed by atoms with E-state index in [1.807, 2.05) is 18.2 Å². The first-order valence-electron chi connectivity index (χ1n) is 26.2. The number of ether oxygens (including phenoxy) is 1. The van der Waals surface area contributed by atoms with Gasteiger partial charge in [-0.1, -0.05) is 164 Å². The lowest BCUT2D eigenvalue weighted by Crippen LogP contribution is -2.37. The molecule has 16 rings (SSSR count). The van der Waals surface area contributed by atoms with Gasteiger partial charge in [0, 0.05) is 54.7 Å². The SMILES string of the molecule is CC12C(c3nc(-c4ccc5c(c4)oc4ccccc45)nc(-n4c5ccccc5c5cc(-c6ccccc6)ccc54)n3)=CC=CC1Oc1ccc(-c3ccc4c(c3)c3ccccc3n4-c3cccc(-c4ccccc4)c3)cc12. The molecule has 0 saturated carbocycles. The minimum absolute atomic E-state index is 0.305. The van der Waals surface area contributed by atoms with Crippen LogP contribution in [0.15, 0.2) is 253 Å². The fraction of sp³-hybridized carbons (Fsp3) is 0.0429. The zero-order valence-corrected chi connectivity index (χ0v) is 41.8. The summed E-state index contributed by atoms with van der Waals surface area (Å²) in [6.07, 6.45) is 6.11. The molecule has 14 aromatic rings. The summed E-state index contributed by atoms with van der Waals surface area (Å²) < 4.78 is 18.0. The van der Waals surface area contributed by atoms with Crippen LogP contribution in [-0.2, 0) is 5.41 Å². The van der Waals surface area contributed by atoms with Crippen molar-refractivity contribution in [2.24, 2.45) is 0 Å². The van der Waals surface area contributed by atoms with Crippen LogP contribution in [0.1, 0.15) is 18.3 Å². The van der Waals surface area contributed by atoms with Gasteiger partial charge < -0.3 is 13.7 Å². The molecule has 0 radical (unpaired) electrons. The van der Waals surface area contributed by atoms with Gasteiger partial charge in [0.25, 0.3) is 0 Å². The second kappa shape index (κ2) is 16.7. The summed E-state index contributed by atoms with van der Waals surface area (Å²) in [7, 11) is 0. The van der Waals surface area contributed by atoms with Crippen LogP contribution >= 0.6 is 0 Å². The number of nitrogens with zero attached hydrogens (tertiary/aromatic N) is 5. The quantitative estimate of drug-likeness (QED) is 0.159. The van der Waals surface area contributed by atoms with Crippen molar-refractivity contribution in [3.63, 3.8) is 0 Å². The summed E-state index contributed by atoms with van der Waals surface area (Å²) in [6.45, 7) is 2.28. The lowest BCUT2D eigenvalue weighted by Gasteiger charge is -2.33. The van der Waals surface area contributed by atoms with Crippen LogP contribution in [0.5, 0.6) is 5.75 Å². The van der Waals surface area contributed by atoms with E-state index in [0.29, 0.717) is 17.6 Å². The first-order chi connectivity index (χ1) is 38.0. The Balaban J connectivity index is 0.850. The molecule has 0 N–H and O–H groups in total. The largest absolute Gasteiger partial charge is 0.485 e. The normalized spacial score (nSPS) is 15.9. The molecule has 7 nitrogen and oxygen atoms in total. The van der Waals surface area contributed by atoms with E-state index in [1.165, 1.54) is 21.9 Å². The average Bonchev–Trinajstić information content (AvgIpc) is 4.36. The average molecular weight is 988 g/mol. The van der Waals surface area contributed by atoms with Gasteiger partial charge >= 0.3 is 0 Å². The third-order valence-corrected chi connectivity index (χ3v) is 16.2. The van der Waals surface area contributed by atoms with E-state index in [4.69, 9.17) is 24.1 Å². The lowest BCUT2D eigenvalue weighted by atomic mass is 9.70. The number of furan rings is 1. The van der Waals surface area contributed by atoms with E-state index in [9.17, 15) is 0 Å². The Labute approximate surface area is 442 Å². The Hall–Kier alpha value is -10.1. The molecule has 7 heteroatoms. The minimum Gasteiger partial charge on any atom is -0.485 e. The highest BCUT2D eigenvalue weighted by Crippen LogP contribution is 2.53. The molecule has 4 aromatic heterocycles. The van der Waals surface area contributed by atoms with Crippen LogP contribution in [0, 0.1) is 0 Å². The molecule has 0 spiro atoms. The first-order valence-corrected chi connectivity index (χ1v) is 26.2. The van der Waals surface area contributed by atoms with E-state index in [-0.39, 0.29) is 6.10 Å². The second-order valence-corrected chi connectivity index (χ2v) is 20.5. The molecule has 0 bridgehead atoms. The maximum atomic E-state index is 6.92. The van der Waals surface area contributed by atoms with E-state index in [0.717, 1.165) is 105 Å². The van der Waals surface area contributed by atoms with Gasteiger partial charge in [0.2, 0.25) is 5.95 Å². The Bertz CT molecular complexity index is 4810. The van der Waals surface area contributed by atoms with Crippen molar-refractivity contribution in [3.05, 3.63) is 260 Å². The summed E-state index contributed by atoms with van der Waals surface area (Å²) in [6, 6.07) is 81.8. The number of hydrogen-bond donors (Lipinski definition) is 0. The van der Waals surface area contributed by atoms with Gasteiger partial charge in [-0.2, -0.15) is 9.97 Å². The number of benzene rings is 10. The van der Waals surface area contributed by atoms with E-state index >= 15 is 0 Å². The predicted molar refractivity (Wildman–Crippen MR) is 313 cm³/mol. The fourth-order valence-electron chi connectivity index (χ4n) is 12.4. The summed E-state index contributed by atoms with van der Waals surface area (Å²) >= 11 is 0. The van der Waals surface area contributed by atoms with Crippen LogP contribution in [0.3, 0.4) is 0 Å². The van der Waals surface area contributed by atoms with Crippen molar-refractivity contribution in [2.45, 2.75) is 18.4 Å². The standard InChI is InChI=1S/C70H45N5O2/c1-70-57(25-15-29-66(70)77-64-37-33-48(41-58(64)70)47-32-35-61-55(40-47)51-22-8-11-26-59(51)74(61)50-21-14-20-45(38-50)43-16-4-2-5-17-43)68-71-67(49-30-34-54-53-24-10-13-28-63(53)76-65(54)42-49)72-69(73-68)75-60-27-12-9-23-52(60)56-39-46(31-36-62(56)75)44-18-6-3-7-19-44/h2-42,66H,1H3. The molecule has 2 atom stereocenters. The van der Waals surface area contributed by atoms with Crippen molar-refractivity contribution in [1.82, 2.24) is 24.1 Å². The number of hydrogen-bond acceptors (Lipinski definition) is 5. The third kappa shape index (κ3) is 6.66. The lowest BCUT2D eigenvalue weighted by molar-refractivity contribution is 0.232. The third-order valence-electron chi connectivity index (χ3n) is 16.2. The molecule has 5 heterocycles. The zero-order chi connectivity index (χ0) is 50.8. The number of para-hydroxylation sites is 3. The summed E-state index contributed by atoms with van der Waals surface area (Å²) in [5.41, 5.74) is 16.1. The topological polar surface area (TPSA) is 70.9 Å². The van der Waals surface area contributed by atoms with Crippen molar-refractivity contribution < 1.29 is 9.15 Å². The van der Waals surface area contributed by atoms with Crippen molar-refractivity contribution in [1.29, 1.82) is 0 Å². The molecule has 0 amide bonds. The highest BCUT2D eigenvalue weighted by atomic mass is 16.5. The molecule has 77 heavy (non-hydrogen) atoms. The number of aromatic nitrogens is 5. The second-order valence-electron chi connectivity index (χ2n) is 20.5. The summed E-state index contributed by atoms with van der Waals surface area (Å²) in [5.74, 6) is 2.49. The van der Waals surface area contributed by atoms with Crippen LogP contribution in [0.2, 0.25) is 0 Å². The maximum Gasteiger partial charge on any atom is 0.238 e.